The van der Waals surface area contributed by atoms with Crippen LogP contribution in [0.5, 0.6) is 0 Å². The number of nitrogens with zero attached hydrogens (tertiary/aromatic N) is 5. The number of morpholine rings is 1. The summed E-state index contributed by atoms with van der Waals surface area (Å²) in [4.78, 5) is 44.4. The molecule has 0 spiro atoms. The summed E-state index contributed by atoms with van der Waals surface area (Å²) in [6, 6.07) is 6.42. The average molecular weight is 378 g/mol. The van der Waals surface area contributed by atoms with Crippen LogP contribution in [-0.2, 0) is 22.6 Å². The Morgan fingerprint density at radius 3 is 2.73 bits per heavy atom. The Kier molecular flexibility index (Phi) is 4.25. The Balaban J connectivity index is 1.60. The van der Waals surface area contributed by atoms with Crippen LogP contribution in [0.25, 0.3) is 0 Å². The second-order valence-corrected chi connectivity index (χ2v) is 6.46. The number of amides is 2. The largest absolute Gasteiger partial charge is 0.378 e. The Morgan fingerprint density at radius 1 is 1.23 bits per heavy atom. The molecule has 2 aliphatic rings. The molecule has 0 bridgehead atoms. The highest BCUT2D eigenvalue weighted by molar-refractivity contribution is 6.30. The van der Waals surface area contributed by atoms with Crippen molar-refractivity contribution in [2.75, 3.05) is 31.2 Å². The van der Waals surface area contributed by atoms with E-state index in [0.717, 1.165) is 4.68 Å². The molecule has 26 heavy (non-hydrogen) atoms. The van der Waals surface area contributed by atoms with Crippen LogP contribution in [0.2, 0.25) is 5.02 Å². The lowest BCUT2D eigenvalue weighted by Crippen LogP contribution is -2.44. The van der Waals surface area contributed by atoms with Crippen molar-refractivity contribution in [1.29, 1.82) is 0 Å². The Bertz CT molecular complexity index is 931. The van der Waals surface area contributed by atoms with E-state index in [1.165, 1.54) is 9.58 Å². The lowest BCUT2D eigenvalue weighted by Gasteiger charge is -2.27. The molecule has 0 N–H and O–H groups in total. The summed E-state index contributed by atoms with van der Waals surface area (Å²) >= 11 is 5.99. The average Bonchev–Trinajstić information content (AvgIpc) is 3.12. The number of anilines is 1. The summed E-state index contributed by atoms with van der Waals surface area (Å²) in [6.45, 7) is 1.78. The van der Waals surface area contributed by atoms with Crippen molar-refractivity contribution < 1.29 is 14.3 Å². The molecule has 1 fully saturated rings. The third-order valence-electron chi connectivity index (χ3n) is 4.41. The van der Waals surface area contributed by atoms with Gasteiger partial charge in [0.2, 0.25) is 5.91 Å². The maximum absolute atomic E-state index is 12.8. The molecule has 3 heterocycles. The number of carbonyl (C=O) groups is 2. The molecule has 1 saturated heterocycles. The highest BCUT2D eigenvalue weighted by Crippen LogP contribution is 2.25. The van der Waals surface area contributed by atoms with Crippen molar-refractivity contribution in [2.24, 2.45) is 0 Å². The first kappa shape index (κ1) is 16.8. The number of hydrogen-bond donors (Lipinski definition) is 0. The number of benzene rings is 1. The molecule has 4 rings (SSSR count). The van der Waals surface area contributed by atoms with Gasteiger partial charge in [0.25, 0.3) is 0 Å². The predicted molar refractivity (Wildman–Crippen MR) is 92.3 cm³/mol. The third kappa shape index (κ3) is 2.89. The van der Waals surface area contributed by atoms with E-state index in [0.29, 0.717) is 42.8 Å². The number of hydrogen-bond acceptors (Lipinski definition) is 5. The van der Waals surface area contributed by atoms with E-state index in [2.05, 4.69) is 4.98 Å². The Labute approximate surface area is 153 Å². The first-order valence-corrected chi connectivity index (χ1v) is 8.54. The van der Waals surface area contributed by atoms with Crippen LogP contribution in [0.3, 0.4) is 0 Å². The molecule has 2 aliphatic heterocycles. The highest BCUT2D eigenvalue weighted by atomic mass is 35.5. The molecular weight excluding hydrogens is 362 g/mol. The number of halogens is 1. The summed E-state index contributed by atoms with van der Waals surface area (Å²) in [5.41, 5.74) is -0.00721. The maximum atomic E-state index is 12.8. The summed E-state index contributed by atoms with van der Waals surface area (Å²) in [7, 11) is 0. The zero-order valence-corrected chi connectivity index (χ0v) is 14.6. The van der Waals surface area contributed by atoms with Crippen LogP contribution >= 0.6 is 11.6 Å². The van der Waals surface area contributed by atoms with Gasteiger partial charge in [-0.15, -0.1) is 0 Å². The van der Waals surface area contributed by atoms with Crippen LogP contribution < -0.4 is 10.6 Å². The second-order valence-electron chi connectivity index (χ2n) is 6.02. The van der Waals surface area contributed by atoms with E-state index in [9.17, 15) is 14.4 Å². The molecule has 2 aromatic rings. The number of carbonyl (C=O) groups excluding carboxylic acids is 2. The third-order valence-corrected chi connectivity index (χ3v) is 4.65. The lowest BCUT2D eigenvalue weighted by molar-refractivity contribution is -0.136. The van der Waals surface area contributed by atoms with Gasteiger partial charge in [-0.3, -0.25) is 9.69 Å². The van der Waals surface area contributed by atoms with E-state index in [1.807, 2.05) is 0 Å². The van der Waals surface area contributed by atoms with Gasteiger partial charge in [-0.2, -0.15) is 9.67 Å². The minimum Gasteiger partial charge on any atom is -0.378 e. The van der Waals surface area contributed by atoms with Crippen molar-refractivity contribution in [1.82, 2.24) is 19.2 Å². The molecule has 0 unspecified atom stereocenters. The van der Waals surface area contributed by atoms with Crippen molar-refractivity contribution in [2.45, 2.75) is 13.1 Å². The molecule has 2 amide bonds. The minimum absolute atomic E-state index is 0.146. The SMILES string of the molecule is O=C(Cn1c(=O)nc2n1C(=O)N(c1cccc(Cl)c1)C2)N1CCOCC1. The van der Waals surface area contributed by atoms with E-state index in [4.69, 9.17) is 16.3 Å². The van der Waals surface area contributed by atoms with Crippen molar-refractivity contribution >= 4 is 29.2 Å². The number of rotatable bonds is 3. The quantitative estimate of drug-likeness (QED) is 0.779. The lowest BCUT2D eigenvalue weighted by atomic mass is 10.3. The molecular formula is C16H16ClN5O4. The normalized spacial score (nSPS) is 16.9. The van der Waals surface area contributed by atoms with Crippen LogP contribution in [0, 0.1) is 0 Å². The van der Waals surface area contributed by atoms with Crippen LogP contribution in [0.1, 0.15) is 5.82 Å². The molecule has 0 atom stereocenters. The van der Waals surface area contributed by atoms with Gasteiger partial charge in [-0.25, -0.2) is 14.3 Å². The predicted octanol–water partition coefficient (Wildman–Crippen LogP) is 0.545. The van der Waals surface area contributed by atoms with Gasteiger partial charge < -0.3 is 9.64 Å². The molecule has 10 heteroatoms. The number of aromatic nitrogens is 3. The Hall–Kier alpha value is -2.65. The standard InChI is InChI=1S/C16H16ClN5O4/c17-11-2-1-3-12(8-11)20-9-13-18-15(24)21(22(13)16(20)25)10-14(23)19-4-6-26-7-5-19/h1-3,8H,4-7,9-10H2. The van der Waals surface area contributed by atoms with Gasteiger partial charge in [-0.1, -0.05) is 17.7 Å². The highest BCUT2D eigenvalue weighted by Gasteiger charge is 2.34. The topological polar surface area (TPSA) is 89.7 Å². The first-order valence-electron chi connectivity index (χ1n) is 8.16. The van der Waals surface area contributed by atoms with Crippen molar-refractivity contribution in [3.8, 4) is 0 Å². The van der Waals surface area contributed by atoms with Gasteiger partial charge >= 0.3 is 11.7 Å². The number of fused-ring (bicyclic) bond motifs is 1. The second kappa shape index (κ2) is 6.58. The fourth-order valence-corrected chi connectivity index (χ4v) is 3.29. The van der Waals surface area contributed by atoms with E-state index >= 15 is 0 Å². The van der Waals surface area contributed by atoms with Crippen LogP contribution in [-0.4, -0.2) is 57.5 Å². The summed E-state index contributed by atoms with van der Waals surface area (Å²) in [5, 5.41) is 0.500. The zero-order valence-electron chi connectivity index (χ0n) is 13.8. The maximum Gasteiger partial charge on any atom is 0.365 e. The van der Waals surface area contributed by atoms with Gasteiger partial charge in [0.05, 0.1) is 19.8 Å². The van der Waals surface area contributed by atoms with Crippen molar-refractivity contribution in [3.63, 3.8) is 0 Å². The van der Waals surface area contributed by atoms with Gasteiger partial charge in [-0.05, 0) is 18.2 Å². The minimum atomic E-state index is -0.610. The Morgan fingerprint density at radius 2 is 2.00 bits per heavy atom. The molecule has 1 aromatic heterocycles. The van der Waals surface area contributed by atoms with Gasteiger partial charge in [0.1, 0.15) is 6.54 Å². The summed E-state index contributed by atoms with van der Waals surface area (Å²) in [6.07, 6.45) is 0. The van der Waals surface area contributed by atoms with E-state index < -0.39 is 11.7 Å². The molecule has 0 aliphatic carbocycles. The first-order chi connectivity index (χ1) is 12.5. The molecule has 0 radical (unpaired) electrons. The van der Waals surface area contributed by atoms with Crippen molar-refractivity contribution in [3.05, 3.63) is 45.6 Å². The fourth-order valence-electron chi connectivity index (χ4n) is 3.10. The fraction of sp³-hybridized carbons (Fsp3) is 0.375. The summed E-state index contributed by atoms with van der Waals surface area (Å²) < 4.78 is 7.47. The van der Waals surface area contributed by atoms with Gasteiger partial charge in [0, 0.05) is 23.8 Å². The number of ether oxygens (including phenoxy) is 1. The molecule has 136 valence electrons. The molecule has 0 saturated carbocycles. The molecule has 9 nitrogen and oxygen atoms in total. The molecule has 1 aromatic carbocycles. The van der Waals surface area contributed by atoms with Gasteiger partial charge in [0.15, 0.2) is 5.82 Å². The van der Waals surface area contributed by atoms with Crippen LogP contribution in [0.15, 0.2) is 29.1 Å². The monoisotopic (exact) mass is 377 g/mol. The van der Waals surface area contributed by atoms with E-state index in [1.54, 1.807) is 29.2 Å². The zero-order chi connectivity index (χ0) is 18.3. The van der Waals surface area contributed by atoms with E-state index in [-0.39, 0.29) is 19.0 Å². The smallest absolute Gasteiger partial charge is 0.365 e. The van der Waals surface area contributed by atoms with Crippen LogP contribution in [0.4, 0.5) is 10.5 Å². The summed E-state index contributed by atoms with van der Waals surface area (Å²) in [5.74, 6) is 0.0573.